The SMILES string of the molecule is CC(C)(C)OC(=O)N=S(=O)(NC(=O)c1ccc(Cl)cc1)c1ccc(Cl)cc1. The van der Waals surface area contributed by atoms with Crippen molar-refractivity contribution in [1.29, 1.82) is 0 Å². The summed E-state index contributed by atoms with van der Waals surface area (Å²) in [6, 6.07) is 11.8. The van der Waals surface area contributed by atoms with Gasteiger partial charge in [-0.3, -0.25) is 9.52 Å². The standard InChI is InChI=1S/C18H18Cl2N2O4S/c1-18(2,3)26-17(24)22-27(25,15-10-8-14(20)9-11-15)21-16(23)12-4-6-13(19)7-5-12/h4-11H,1-3H3,(H,21,22,23,24,25). The maximum absolute atomic E-state index is 13.4. The fourth-order valence-corrected chi connectivity index (χ4v) is 3.57. The largest absolute Gasteiger partial charge is 0.444 e. The number of halogens is 2. The van der Waals surface area contributed by atoms with E-state index in [1.54, 1.807) is 20.8 Å². The van der Waals surface area contributed by atoms with Crippen LogP contribution >= 0.6 is 23.2 Å². The number of benzene rings is 2. The topological polar surface area (TPSA) is 84.8 Å². The molecule has 2 aromatic carbocycles. The molecular formula is C18H18Cl2N2O4S. The average molecular weight is 429 g/mol. The third-order valence-electron chi connectivity index (χ3n) is 3.07. The van der Waals surface area contributed by atoms with Crippen LogP contribution in [0.4, 0.5) is 4.79 Å². The first-order valence-corrected chi connectivity index (χ1v) is 10.1. The molecule has 9 heteroatoms. The van der Waals surface area contributed by atoms with Crippen molar-refractivity contribution in [3.05, 3.63) is 64.1 Å². The first kappa shape index (κ1) is 21.2. The van der Waals surface area contributed by atoms with Crippen molar-refractivity contribution in [2.24, 2.45) is 4.36 Å². The molecule has 0 bridgehead atoms. The molecule has 1 N–H and O–H groups in total. The highest BCUT2D eigenvalue weighted by Gasteiger charge is 2.23. The van der Waals surface area contributed by atoms with Gasteiger partial charge in [0.05, 0.1) is 4.90 Å². The molecule has 0 radical (unpaired) electrons. The molecule has 144 valence electrons. The van der Waals surface area contributed by atoms with Gasteiger partial charge in [-0.05, 0) is 69.3 Å². The van der Waals surface area contributed by atoms with Gasteiger partial charge in [0.15, 0.2) is 9.92 Å². The van der Waals surface area contributed by atoms with Crippen LogP contribution in [-0.2, 0) is 14.7 Å². The van der Waals surface area contributed by atoms with Crippen LogP contribution in [0.2, 0.25) is 10.0 Å². The molecule has 0 aromatic heterocycles. The van der Waals surface area contributed by atoms with Gasteiger partial charge in [-0.1, -0.05) is 23.2 Å². The maximum atomic E-state index is 13.4. The van der Waals surface area contributed by atoms with E-state index in [9.17, 15) is 13.8 Å². The van der Waals surface area contributed by atoms with Crippen LogP contribution in [0, 0.1) is 0 Å². The number of hydrogen-bond acceptors (Lipinski definition) is 4. The van der Waals surface area contributed by atoms with E-state index in [1.165, 1.54) is 48.5 Å². The summed E-state index contributed by atoms with van der Waals surface area (Å²) in [6.45, 7) is 4.95. The van der Waals surface area contributed by atoms with Crippen molar-refractivity contribution < 1.29 is 18.5 Å². The molecule has 2 amide bonds. The zero-order valence-corrected chi connectivity index (χ0v) is 17.2. The summed E-state index contributed by atoms with van der Waals surface area (Å²) in [7, 11) is -3.65. The zero-order valence-electron chi connectivity index (χ0n) is 14.9. The van der Waals surface area contributed by atoms with Crippen LogP contribution in [0.5, 0.6) is 0 Å². The second kappa shape index (κ2) is 8.29. The molecule has 0 heterocycles. The molecule has 2 rings (SSSR count). The first-order valence-electron chi connectivity index (χ1n) is 7.82. The molecule has 0 saturated carbocycles. The number of carbonyl (C=O) groups excluding carboxylic acids is 2. The van der Waals surface area contributed by atoms with E-state index in [2.05, 4.69) is 9.08 Å². The Balaban J connectivity index is 2.44. The summed E-state index contributed by atoms with van der Waals surface area (Å²) in [5.41, 5.74) is -0.623. The van der Waals surface area contributed by atoms with Crippen LogP contribution in [0.3, 0.4) is 0 Å². The molecule has 1 unspecified atom stereocenters. The predicted octanol–water partition coefficient (Wildman–Crippen LogP) is 5.10. The van der Waals surface area contributed by atoms with Crippen LogP contribution in [0.15, 0.2) is 57.8 Å². The second-order valence-corrected chi connectivity index (χ2v) is 9.27. The Morgan fingerprint density at radius 1 is 0.963 bits per heavy atom. The minimum absolute atomic E-state index is 0.111. The summed E-state index contributed by atoms with van der Waals surface area (Å²) < 4.78 is 24.4. The quantitative estimate of drug-likeness (QED) is 0.736. The average Bonchev–Trinajstić information content (AvgIpc) is 2.53. The van der Waals surface area contributed by atoms with Crippen LogP contribution in [-0.4, -0.2) is 21.8 Å². The molecule has 0 fully saturated rings. The number of ether oxygens (including phenoxy) is 1. The van der Waals surface area contributed by atoms with E-state index >= 15 is 0 Å². The number of hydrogen-bond donors (Lipinski definition) is 1. The van der Waals surface area contributed by atoms with Gasteiger partial charge >= 0.3 is 6.09 Å². The third kappa shape index (κ3) is 6.23. The van der Waals surface area contributed by atoms with Gasteiger partial charge in [-0.15, -0.1) is 4.36 Å². The van der Waals surface area contributed by atoms with Gasteiger partial charge in [0.1, 0.15) is 5.60 Å². The zero-order chi connectivity index (χ0) is 20.2. The number of carbonyl (C=O) groups is 2. The van der Waals surface area contributed by atoms with Gasteiger partial charge in [0.25, 0.3) is 5.91 Å². The van der Waals surface area contributed by atoms with Crippen LogP contribution in [0.1, 0.15) is 31.1 Å². The number of nitrogens with one attached hydrogen (secondary N) is 1. The van der Waals surface area contributed by atoms with E-state index in [4.69, 9.17) is 27.9 Å². The van der Waals surface area contributed by atoms with Crippen LogP contribution < -0.4 is 4.72 Å². The lowest BCUT2D eigenvalue weighted by molar-refractivity contribution is 0.0607. The molecule has 0 saturated heterocycles. The lowest BCUT2D eigenvalue weighted by Crippen LogP contribution is -2.32. The van der Waals surface area contributed by atoms with Crippen molar-refractivity contribution in [3.63, 3.8) is 0 Å². The smallest absolute Gasteiger partial charge is 0.442 e. The van der Waals surface area contributed by atoms with Gasteiger partial charge in [0.2, 0.25) is 0 Å². The molecular weight excluding hydrogens is 411 g/mol. The highest BCUT2D eigenvalue weighted by atomic mass is 35.5. The first-order chi connectivity index (χ1) is 12.5. The van der Waals surface area contributed by atoms with Crippen molar-refractivity contribution in [1.82, 2.24) is 4.72 Å². The Bertz CT molecular complexity index is 958. The monoisotopic (exact) mass is 428 g/mol. The highest BCUT2D eigenvalue weighted by molar-refractivity contribution is 7.92. The fourth-order valence-electron chi connectivity index (χ4n) is 1.92. The molecule has 0 aliphatic rings. The normalized spacial score (nSPS) is 13.4. The van der Waals surface area contributed by atoms with Gasteiger partial charge in [-0.2, -0.15) is 0 Å². The van der Waals surface area contributed by atoms with E-state index in [1.807, 2.05) is 0 Å². The fraction of sp³-hybridized carbons (Fsp3) is 0.222. The molecule has 6 nitrogen and oxygen atoms in total. The van der Waals surface area contributed by atoms with Crippen molar-refractivity contribution >= 4 is 45.1 Å². The Morgan fingerprint density at radius 2 is 1.44 bits per heavy atom. The lowest BCUT2D eigenvalue weighted by atomic mass is 10.2. The van der Waals surface area contributed by atoms with Crippen LogP contribution in [0.25, 0.3) is 0 Å². The molecule has 27 heavy (non-hydrogen) atoms. The number of nitrogens with zero attached hydrogens (tertiary/aromatic N) is 1. The van der Waals surface area contributed by atoms with E-state index in [0.717, 1.165) is 0 Å². The summed E-state index contributed by atoms with van der Waals surface area (Å²) in [5.74, 6) is -0.682. The van der Waals surface area contributed by atoms with Gasteiger partial charge in [-0.25, -0.2) is 9.00 Å². The van der Waals surface area contributed by atoms with E-state index < -0.39 is 27.5 Å². The third-order valence-corrected chi connectivity index (χ3v) is 5.35. The minimum Gasteiger partial charge on any atom is -0.442 e. The lowest BCUT2D eigenvalue weighted by Gasteiger charge is -2.18. The molecule has 0 aliphatic carbocycles. The Labute approximate surface area is 168 Å². The van der Waals surface area contributed by atoms with Gasteiger partial charge in [0, 0.05) is 15.6 Å². The molecule has 2 aromatic rings. The van der Waals surface area contributed by atoms with Crippen molar-refractivity contribution in [2.45, 2.75) is 31.3 Å². The minimum atomic E-state index is -3.65. The van der Waals surface area contributed by atoms with Gasteiger partial charge < -0.3 is 4.74 Å². The maximum Gasteiger partial charge on any atom is 0.444 e. The van der Waals surface area contributed by atoms with E-state index in [-0.39, 0.29) is 10.5 Å². The molecule has 0 spiro atoms. The predicted molar refractivity (Wildman–Crippen MR) is 105 cm³/mol. The molecule has 1 atom stereocenters. The van der Waals surface area contributed by atoms with Crippen molar-refractivity contribution in [3.8, 4) is 0 Å². The Kier molecular flexibility index (Phi) is 6.51. The second-order valence-electron chi connectivity index (χ2n) is 6.49. The van der Waals surface area contributed by atoms with E-state index in [0.29, 0.717) is 10.0 Å². The number of amides is 2. The molecule has 0 aliphatic heterocycles. The summed E-state index contributed by atoms with van der Waals surface area (Å²) in [6.07, 6.45) is -1.06. The van der Waals surface area contributed by atoms with Crippen molar-refractivity contribution in [2.75, 3.05) is 0 Å². The Morgan fingerprint density at radius 3 is 1.93 bits per heavy atom. The highest BCUT2D eigenvalue weighted by Crippen LogP contribution is 2.18. The summed E-state index contributed by atoms with van der Waals surface area (Å²) in [4.78, 5) is 24.7. The Hall–Kier alpha value is -2.09. The number of rotatable bonds is 3. The summed E-state index contributed by atoms with van der Waals surface area (Å²) in [5, 5.41) is 0.852. The summed E-state index contributed by atoms with van der Waals surface area (Å²) >= 11 is 11.7.